The molecule has 1 aliphatic heterocycles. The van der Waals surface area contributed by atoms with Crippen molar-refractivity contribution in [1.29, 1.82) is 0 Å². The first-order chi connectivity index (χ1) is 10.0. The van der Waals surface area contributed by atoms with Crippen LogP contribution in [-0.4, -0.2) is 59.3 Å². The van der Waals surface area contributed by atoms with Gasteiger partial charge in [-0.15, -0.1) is 6.42 Å². The van der Waals surface area contributed by atoms with Gasteiger partial charge >= 0.3 is 0 Å². The van der Waals surface area contributed by atoms with E-state index >= 15 is 0 Å². The number of fused-ring (bicyclic) bond motifs is 1. The van der Waals surface area contributed by atoms with Crippen molar-refractivity contribution in [3.8, 4) is 12.3 Å². The van der Waals surface area contributed by atoms with Gasteiger partial charge < -0.3 is 25.8 Å². The minimum Gasteiger partial charge on any atom is -0.394 e. The molecule has 3 rings (SSSR count). The summed E-state index contributed by atoms with van der Waals surface area (Å²) in [6, 6.07) is 0. The summed E-state index contributed by atoms with van der Waals surface area (Å²) in [7, 11) is 0. The molecule has 1 saturated heterocycles. The number of imidazole rings is 1. The predicted octanol–water partition coefficient (Wildman–Crippen LogP) is -1.98. The number of terminal acetylenes is 1. The van der Waals surface area contributed by atoms with Gasteiger partial charge in [-0.05, 0) is 0 Å². The highest BCUT2D eigenvalue weighted by atomic mass is 16.6. The lowest BCUT2D eigenvalue weighted by molar-refractivity contribution is -0.0721. The molecular weight excluding hydrogens is 278 g/mol. The van der Waals surface area contributed by atoms with E-state index in [1.165, 1.54) is 17.2 Å². The molecule has 9 heteroatoms. The van der Waals surface area contributed by atoms with E-state index < -0.39 is 30.6 Å². The average molecular weight is 291 g/mol. The molecular formula is C12H13N5O4. The summed E-state index contributed by atoms with van der Waals surface area (Å²) in [5.41, 5.74) is 4.28. The van der Waals surface area contributed by atoms with Crippen molar-refractivity contribution in [3.05, 3.63) is 12.7 Å². The van der Waals surface area contributed by atoms with E-state index in [4.69, 9.17) is 16.9 Å². The fourth-order valence-electron chi connectivity index (χ4n) is 2.39. The fraction of sp³-hybridized carbons (Fsp3) is 0.417. The third-order valence-electron chi connectivity index (χ3n) is 3.53. The van der Waals surface area contributed by atoms with Crippen LogP contribution < -0.4 is 5.73 Å². The Morgan fingerprint density at radius 3 is 2.90 bits per heavy atom. The zero-order valence-corrected chi connectivity index (χ0v) is 10.8. The van der Waals surface area contributed by atoms with Gasteiger partial charge in [0.25, 0.3) is 0 Å². The molecule has 1 aliphatic rings. The first kappa shape index (κ1) is 13.7. The molecule has 3 heterocycles. The van der Waals surface area contributed by atoms with E-state index in [1.807, 2.05) is 0 Å². The van der Waals surface area contributed by atoms with Gasteiger partial charge in [0.15, 0.2) is 23.3 Å². The summed E-state index contributed by atoms with van der Waals surface area (Å²) in [5.74, 6) is 2.29. The summed E-state index contributed by atoms with van der Waals surface area (Å²) in [4.78, 5) is 11.9. The standard InChI is InChI=1S/C12H13N5O4/c1-2-12(20)8(19)6(3-18)21-11(12)17-5-16-7-9(13)14-4-15-10(7)17/h1,4-6,8,11,18-20H,3H2,(H2,13,14,15)/t6-,8+,11-,12-/m1/s1. The normalized spacial score (nSPS) is 32.4. The molecule has 0 amide bonds. The van der Waals surface area contributed by atoms with Gasteiger partial charge in [-0.1, -0.05) is 5.92 Å². The largest absolute Gasteiger partial charge is 0.394 e. The number of anilines is 1. The third kappa shape index (κ3) is 1.78. The lowest BCUT2D eigenvalue weighted by Gasteiger charge is -2.26. The van der Waals surface area contributed by atoms with Crippen LogP contribution in [0.3, 0.4) is 0 Å². The molecule has 0 spiro atoms. The van der Waals surface area contributed by atoms with E-state index in [2.05, 4.69) is 20.9 Å². The molecule has 0 unspecified atom stereocenters. The summed E-state index contributed by atoms with van der Waals surface area (Å²) in [6.07, 6.45) is 4.27. The molecule has 9 nitrogen and oxygen atoms in total. The highest BCUT2D eigenvalue weighted by Gasteiger charge is 2.55. The quantitative estimate of drug-likeness (QED) is 0.467. The van der Waals surface area contributed by atoms with Crippen LogP contribution >= 0.6 is 0 Å². The number of hydrogen-bond acceptors (Lipinski definition) is 8. The molecule has 0 aromatic carbocycles. The fourth-order valence-corrected chi connectivity index (χ4v) is 2.39. The number of rotatable bonds is 2. The number of aromatic nitrogens is 4. The highest BCUT2D eigenvalue weighted by molar-refractivity contribution is 5.81. The van der Waals surface area contributed by atoms with Gasteiger partial charge in [0, 0.05) is 0 Å². The maximum Gasteiger partial charge on any atom is 0.199 e. The summed E-state index contributed by atoms with van der Waals surface area (Å²) >= 11 is 0. The summed E-state index contributed by atoms with van der Waals surface area (Å²) in [5, 5.41) is 29.7. The molecule has 0 aliphatic carbocycles. The number of aliphatic hydroxyl groups excluding tert-OH is 2. The summed E-state index contributed by atoms with van der Waals surface area (Å²) in [6.45, 7) is -0.495. The molecule has 0 bridgehead atoms. The van der Waals surface area contributed by atoms with Crippen molar-refractivity contribution in [2.45, 2.75) is 24.0 Å². The van der Waals surface area contributed by atoms with E-state index in [9.17, 15) is 15.3 Å². The van der Waals surface area contributed by atoms with Crippen molar-refractivity contribution in [3.63, 3.8) is 0 Å². The molecule has 5 N–H and O–H groups in total. The Labute approximate surface area is 119 Å². The van der Waals surface area contributed by atoms with Gasteiger partial charge in [-0.3, -0.25) is 4.57 Å². The Morgan fingerprint density at radius 2 is 2.24 bits per heavy atom. The monoisotopic (exact) mass is 291 g/mol. The van der Waals surface area contributed by atoms with Crippen LogP contribution in [0.4, 0.5) is 5.82 Å². The highest BCUT2D eigenvalue weighted by Crippen LogP contribution is 2.39. The van der Waals surface area contributed by atoms with E-state index in [0.29, 0.717) is 11.2 Å². The second kappa shape index (κ2) is 4.64. The van der Waals surface area contributed by atoms with Crippen molar-refractivity contribution < 1.29 is 20.1 Å². The molecule has 21 heavy (non-hydrogen) atoms. The first-order valence-corrected chi connectivity index (χ1v) is 6.10. The number of ether oxygens (including phenoxy) is 1. The van der Waals surface area contributed by atoms with Gasteiger partial charge in [-0.2, -0.15) is 0 Å². The van der Waals surface area contributed by atoms with Crippen LogP contribution in [0.5, 0.6) is 0 Å². The Hall–Kier alpha value is -2.25. The van der Waals surface area contributed by atoms with E-state index in [1.54, 1.807) is 0 Å². The van der Waals surface area contributed by atoms with Crippen LogP contribution in [0, 0.1) is 12.3 Å². The van der Waals surface area contributed by atoms with Crippen molar-refractivity contribution in [1.82, 2.24) is 19.5 Å². The Balaban J connectivity index is 2.14. The van der Waals surface area contributed by atoms with Gasteiger partial charge in [-0.25, -0.2) is 15.0 Å². The van der Waals surface area contributed by atoms with E-state index in [0.717, 1.165) is 0 Å². The molecule has 2 aromatic rings. The molecule has 1 fully saturated rings. The van der Waals surface area contributed by atoms with Crippen LogP contribution in [0.25, 0.3) is 11.2 Å². The Kier molecular flexibility index (Phi) is 3.03. The van der Waals surface area contributed by atoms with Crippen molar-refractivity contribution in [2.24, 2.45) is 0 Å². The second-order valence-electron chi connectivity index (χ2n) is 4.71. The zero-order chi connectivity index (χ0) is 15.2. The lowest BCUT2D eigenvalue weighted by Crippen LogP contribution is -2.45. The third-order valence-corrected chi connectivity index (χ3v) is 3.53. The number of hydrogen-bond donors (Lipinski definition) is 4. The molecule has 0 saturated carbocycles. The molecule has 110 valence electrons. The average Bonchev–Trinajstić information content (AvgIpc) is 3.01. The minimum atomic E-state index is -2.03. The maximum absolute atomic E-state index is 10.5. The topological polar surface area (TPSA) is 140 Å². The Morgan fingerprint density at radius 1 is 1.48 bits per heavy atom. The number of aliphatic hydroxyl groups is 3. The van der Waals surface area contributed by atoms with Crippen molar-refractivity contribution >= 4 is 17.0 Å². The number of nitrogens with two attached hydrogens (primary N) is 1. The predicted molar refractivity (Wildman–Crippen MR) is 70.5 cm³/mol. The molecule has 0 radical (unpaired) electrons. The van der Waals surface area contributed by atoms with Gasteiger partial charge in [0.05, 0.1) is 12.9 Å². The second-order valence-corrected chi connectivity index (χ2v) is 4.71. The number of nitrogens with zero attached hydrogens (tertiary/aromatic N) is 4. The SMILES string of the molecule is C#C[C@@]1(O)[C@@H](O)[C@@H](CO)O[C@H]1n1cnc2c(N)ncnc21. The Bertz CT molecular complexity index is 726. The van der Waals surface area contributed by atoms with Crippen LogP contribution in [-0.2, 0) is 4.74 Å². The van der Waals surface area contributed by atoms with Crippen LogP contribution in [0.2, 0.25) is 0 Å². The van der Waals surface area contributed by atoms with E-state index in [-0.39, 0.29) is 5.82 Å². The zero-order valence-electron chi connectivity index (χ0n) is 10.8. The summed E-state index contributed by atoms with van der Waals surface area (Å²) < 4.78 is 6.80. The first-order valence-electron chi connectivity index (χ1n) is 6.10. The molecule has 4 atom stereocenters. The maximum atomic E-state index is 10.5. The smallest absolute Gasteiger partial charge is 0.199 e. The van der Waals surface area contributed by atoms with Gasteiger partial charge in [0.1, 0.15) is 24.1 Å². The van der Waals surface area contributed by atoms with Gasteiger partial charge in [0.2, 0.25) is 0 Å². The van der Waals surface area contributed by atoms with Crippen LogP contribution in [0.15, 0.2) is 12.7 Å². The minimum absolute atomic E-state index is 0.167. The van der Waals surface area contributed by atoms with Crippen LogP contribution in [0.1, 0.15) is 6.23 Å². The number of nitrogen functional groups attached to an aromatic ring is 1. The van der Waals surface area contributed by atoms with Crippen molar-refractivity contribution in [2.75, 3.05) is 12.3 Å². The molecule has 2 aromatic heterocycles. The lowest BCUT2D eigenvalue weighted by atomic mass is 9.95.